The van der Waals surface area contributed by atoms with Crippen molar-refractivity contribution in [3.8, 4) is 17.2 Å². The highest BCUT2D eigenvalue weighted by Gasteiger charge is 2.43. The number of halogens is 1. The summed E-state index contributed by atoms with van der Waals surface area (Å²) in [4.78, 5) is 25.8. The van der Waals surface area contributed by atoms with Crippen LogP contribution in [0.2, 0.25) is 5.02 Å². The Labute approximate surface area is 176 Å². The Morgan fingerprint density at radius 3 is 2.60 bits per heavy atom. The van der Waals surface area contributed by atoms with Crippen LogP contribution in [0.1, 0.15) is 22.8 Å². The molecule has 0 radical (unpaired) electrons. The van der Waals surface area contributed by atoms with Gasteiger partial charge in [0.15, 0.2) is 17.6 Å². The molecule has 3 aromatic rings. The number of ether oxygens (including phenoxy) is 3. The third-order valence-electron chi connectivity index (χ3n) is 5.07. The maximum atomic E-state index is 13.1. The summed E-state index contributed by atoms with van der Waals surface area (Å²) < 4.78 is 22.1. The van der Waals surface area contributed by atoms with Gasteiger partial charge in [-0.15, -0.1) is 0 Å². The lowest BCUT2D eigenvalue weighted by Gasteiger charge is -2.19. The van der Waals surface area contributed by atoms with Crippen LogP contribution < -0.4 is 25.2 Å². The Balaban J connectivity index is 1.55. The molecule has 1 aromatic heterocycles. The molecular weight excluding hydrogens is 410 g/mol. The first-order valence-electron chi connectivity index (χ1n) is 9.27. The Morgan fingerprint density at radius 2 is 1.80 bits per heavy atom. The van der Waals surface area contributed by atoms with E-state index in [1.807, 2.05) is 0 Å². The van der Waals surface area contributed by atoms with Crippen LogP contribution in [0.25, 0.3) is 0 Å². The predicted octanol–water partition coefficient (Wildman–Crippen LogP) is 3.86. The van der Waals surface area contributed by atoms with Gasteiger partial charge in [0.25, 0.3) is 5.91 Å². The number of anilines is 1. The van der Waals surface area contributed by atoms with Crippen molar-refractivity contribution in [2.24, 2.45) is 0 Å². The Bertz CT molecular complexity index is 1200. The fourth-order valence-corrected chi connectivity index (χ4v) is 3.85. The lowest BCUT2D eigenvalue weighted by Crippen LogP contribution is -2.35. The molecule has 2 aromatic carbocycles. The van der Waals surface area contributed by atoms with Crippen molar-refractivity contribution in [1.29, 1.82) is 0 Å². The number of rotatable bonds is 3. The number of benzene rings is 2. The van der Waals surface area contributed by atoms with E-state index in [-0.39, 0.29) is 6.79 Å². The molecule has 8 heteroatoms. The highest BCUT2D eigenvalue weighted by Crippen LogP contribution is 2.44. The first-order valence-corrected chi connectivity index (χ1v) is 9.64. The van der Waals surface area contributed by atoms with Crippen LogP contribution >= 0.6 is 11.6 Å². The molecule has 1 amide bonds. The average Bonchev–Trinajstić information content (AvgIpc) is 3.33. The molecule has 2 aliphatic rings. The smallest absolute Gasteiger partial charge is 0.343 e. The third kappa shape index (κ3) is 3.17. The van der Waals surface area contributed by atoms with Gasteiger partial charge in [-0.3, -0.25) is 4.79 Å². The lowest BCUT2D eigenvalue weighted by atomic mass is 9.88. The fraction of sp³-hybridized carbons (Fsp3) is 0.182. The summed E-state index contributed by atoms with van der Waals surface area (Å²) in [6.07, 6.45) is -0.972. The van der Waals surface area contributed by atoms with Gasteiger partial charge in [-0.25, -0.2) is 4.79 Å². The third-order valence-corrected chi connectivity index (χ3v) is 5.32. The Kier molecular flexibility index (Phi) is 4.40. The van der Waals surface area contributed by atoms with Gasteiger partial charge >= 0.3 is 5.63 Å². The van der Waals surface area contributed by atoms with Gasteiger partial charge in [0, 0.05) is 16.8 Å². The van der Waals surface area contributed by atoms with E-state index in [1.165, 1.54) is 0 Å². The maximum absolute atomic E-state index is 13.1. The minimum Gasteiger partial charge on any atom is -0.479 e. The summed E-state index contributed by atoms with van der Waals surface area (Å²) in [7, 11) is 0. The Morgan fingerprint density at radius 1 is 1.03 bits per heavy atom. The molecular formula is C22H16ClNO6. The zero-order valence-electron chi connectivity index (χ0n) is 15.8. The van der Waals surface area contributed by atoms with E-state index >= 15 is 0 Å². The van der Waals surface area contributed by atoms with E-state index in [1.54, 1.807) is 55.5 Å². The van der Waals surface area contributed by atoms with Crippen molar-refractivity contribution in [3.63, 3.8) is 0 Å². The molecule has 3 heterocycles. The molecule has 0 saturated carbocycles. The molecule has 0 fully saturated rings. The summed E-state index contributed by atoms with van der Waals surface area (Å²) in [5, 5.41) is 3.38. The Hall–Kier alpha value is -3.45. The van der Waals surface area contributed by atoms with Crippen LogP contribution in [0.3, 0.4) is 0 Å². The molecule has 30 heavy (non-hydrogen) atoms. The SMILES string of the molecule is Cc1cc2c(c(=O)o1)[C@@H](c1ccc3c(c1)OCO3)[C@@H](C(=O)Nc1ccc(Cl)cc1)O2. The highest BCUT2D eigenvalue weighted by molar-refractivity contribution is 6.30. The van der Waals surface area contributed by atoms with Crippen LogP contribution in [0, 0.1) is 6.92 Å². The van der Waals surface area contributed by atoms with Gasteiger partial charge in [0.2, 0.25) is 6.79 Å². The van der Waals surface area contributed by atoms with Gasteiger partial charge in [-0.05, 0) is 48.9 Å². The lowest BCUT2D eigenvalue weighted by molar-refractivity contribution is -0.122. The van der Waals surface area contributed by atoms with Crippen LogP contribution in [0.4, 0.5) is 5.69 Å². The summed E-state index contributed by atoms with van der Waals surface area (Å²) in [6, 6.07) is 13.6. The summed E-state index contributed by atoms with van der Waals surface area (Å²) in [6.45, 7) is 1.78. The highest BCUT2D eigenvalue weighted by atomic mass is 35.5. The summed E-state index contributed by atoms with van der Waals surface area (Å²) in [5.74, 6) is 0.835. The molecule has 152 valence electrons. The molecule has 0 saturated heterocycles. The zero-order chi connectivity index (χ0) is 20.8. The van der Waals surface area contributed by atoms with Crippen molar-refractivity contribution in [1.82, 2.24) is 0 Å². The average molecular weight is 426 g/mol. The monoisotopic (exact) mass is 425 g/mol. The van der Waals surface area contributed by atoms with E-state index < -0.39 is 23.6 Å². The second-order valence-corrected chi connectivity index (χ2v) is 7.48. The van der Waals surface area contributed by atoms with Gasteiger partial charge in [0.1, 0.15) is 11.5 Å². The first-order chi connectivity index (χ1) is 14.5. The van der Waals surface area contributed by atoms with Crippen molar-refractivity contribution in [3.05, 3.63) is 80.9 Å². The molecule has 1 N–H and O–H groups in total. The summed E-state index contributed by atoms with van der Waals surface area (Å²) >= 11 is 5.91. The molecule has 0 bridgehead atoms. The molecule has 2 aliphatic heterocycles. The molecule has 0 spiro atoms. The van der Waals surface area contributed by atoms with Crippen LogP contribution in [-0.2, 0) is 4.79 Å². The van der Waals surface area contributed by atoms with Crippen molar-refractivity contribution < 1.29 is 23.4 Å². The largest absolute Gasteiger partial charge is 0.479 e. The first kappa shape index (κ1) is 18.6. The number of aryl methyl sites for hydroxylation is 1. The van der Waals surface area contributed by atoms with Gasteiger partial charge in [-0.1, -0.05) is 17.7 Å². The van der Waals surface area contributed by atoms with Gasteiger partial charge in [0.05, 0.1) is 11.5 Å². The number of hydrogen-bond donors (Lipinski definition) is 1. The van der Waals surface area contributed by atoms with E-state index in [2.05, 4.69) is 5.32 Å². The molecule has 2 atom stereocenters. The van der Waals surface area contributed by atoms with Crippen LogP contribution in [0.5, 0.6) is 17.2 Å². The van der Waals surface area contributed by atoms with E-state index in [9.17, 15) is 9.59 Å². The number of carbonyl (C=O) groups excluding carboxylic acids is 1. The summed E-state index contributed by atoms with van der Waals surface area (Å²) in [5.41, 5.74) is 1.02. The fourth-order valence-electron chi connectivity index (χ4n) is 3.73. The maximum Gasteiger partial charge on any atom is 0.343 e. The van der Waals surface area contributed by atoms with Crippen LogP contribution in [-0.4, -0.2) is 18.8 Å². The second kappa shape index (κ2) is 7.11. The molecule has 0 aliphatic carbocycles. The van der Waals surface area contributed by atoms with E-state index in [0.29, 0.717) is 44.8 Å². The number of fused-ring (bicyclic) bond motifs is 2. The topological polar surface area (TPSA) is 87.0 Å². The standard InChI is InChI=1S/C22H16ClNO6/c1-11-8-17-19(22(26)29-11)18(12-2-7-15-16(9-12)28-10-27-15)20(30-17)21(25)24-14-5-3-13(23)4-6-14/h2-9,18,20H,10H2,1H3,(H,24,25)/t18-,20+/m1/s1. The second-order valence-electron chi connectivity index (χ2n) is 7.05. The van der Waals surface area contributed by atoms with E-state index in [4.69, 9.17) is 30.2 Å². The van der Waals surface area contributed by atoms with Crippen molar-refractivity contribution in [2.75, 3.05) is 12.1 Å². The number of hydrogen-bond acceptors (Lipinski definition) is 6. The van der Waals surface area contributed by atoms with Gasteiger partial charge in [-0.2, -0.15) is 0 Å². The minimum absolute atomic E-state index is 0.123. The predicted molar refractivity (Wildman–Crippen MR) is 109 cm³/mol. The quantitative estimate of drug-likeness (QED) is 0.685. The normalized spacial score (nSPS) is 18.6. The van der Waals surface area contributed by atoms with Crippen LogP contribution in [0.15, 0.2) is 57.7 Å². The molecule has 5 rings (SSSR count). The molecule has 0 unspecified atom stereocenters. The number of carbonyl (C=O) groups is 1. The zero-order valence-corrected chi connectivity index (χ0v) is 16.6. The molecule has 7 nitrogen and oxygen atoms in total. The van der Waals surface area contributed by atoms with Gasteiger partial charge < -0.3 is 23.9 Å². The van der Waals surface area contributed by atoms with Crippen molar-refractivity contribution in [2.45, 2.75) is 18.9 Å². The minimum atomic E-state index is -0.972. The van der Waals surface area contributed by atoms with E-state index in [0.717, 1.165) is 0 Å². The number of amides is 1. The number of nitrogens with one attached hydrogen (secondary N) is 1. The van der Waals surface area contributed by atoms with Crippen molar-refractivity contribution >= 4 is 23.2 Å².